The second-order valence-corrected chi connectivity index (χ2v) is 7.30. The third kappa shape index (κ3) is 4.74. The number of rotatable bonds is 6. The number of aryl methyl sites for hydroxylation is 1. The SMILES string of the molecule is Cc1ccc(-c2nnc(SCC(=O)NC(C)c3ccc(F)cc3)n2C)cc1. The number of benzene rings is 2. The van der Waals surface area contributed by atoms with Crippen LogP contribution in [0.1, 0.15) is 24.1 Å². The van der Waals surface area contributed by atoms with E-state index < -0.39 is 0 Å². The smallest absolute Gasteiger partial charge is 0.230 e. The highest BCUT2D eigenvalue weighted by Crippen LogP contribution is 2.23. The van der Waals surface area contributed by atoms with Crippen molar-refractivity contribution in [2.45, 2.75) is 25.0 Å². The highest BCUT2D eigenvalue weighted by molar-refractivity contribution is 7.99. The monoisotopic (exact) mass is 384 g/mol. The predicted molar refractivity (Wildman–Crippen MR) is 105 cm³/mol. The lowest BCUT2D eigenvalue weighted by atomic mass is 10.1. The van der Waals surface area contributed by atoms with Crippen LogP contribution < -0.4 is 5.32 Å². The average molecular weight is 384 g/mol. The second kappa shape index (κ2) is 8.35. The van der Waals surface area contributed by atoms with Crippen molar-refractivity contribution in [2.75, 3.05) is 5.75 Å². The van der Waals surface area contributed by atoms with Gasteiger partial charge in [-0.2, -0.15) is 0 Å². The first-order valence-corrected chi connectivity index (χ1v) is 9.56. The number of thioether (sulfide) groups is 1. The summed E-state index contributed by atoms with van der Waals surface area (Å²) in [6.07, 6.45) is 0. The summed E-state index contributed by atoms with van der Waals surface area (Å²) in [6.45, 7) is 3.90. The van der Waals surface area contributed by atoms with Crippen molar-refractivity contribution in [3.05, 3.63) is 65.5 Å². The maximum absolute atomic E-state index is 13.0. The maximum Gasteiger partial charge on any atom is 0.230 e. The fourth-order valence-electron chi connectivity index (χ4n) is 2.64. The van der Waals surface area contributed by atoms with Crippen LogP contribution in [-0.4, -0.2) is 26.4 Å². The van der Waals surface area contributed by atoms with Gasteiger partial charge in [-0.1, -0.05) is 53.7 Å². The summed E-state index contributed by atoms with van der Waals surface area (Å²) >= 11 is 1.33. The lowest BCUT2D eigenvalue weighted by molar-refractivity contribution is -0.119. The Kier molecular flexibility index (Phi) is 5.91. The largest absolute Gasteiger partial charge is 0.349 e. The molecule has 1 N–H and O–H groups in total. The van der Waals surface area contributed by atoms with Gasteiger partial charge in [0.05, 0.1) is 11.8 Å². The summed E-state index contributed by atoms with van der Waals surface area (Å²) in [5.41, 5.74) is 3.02. The number of carbonyl (C=O) groups excluding carboxylic acids is 1. The molecule has 1 unspecified atom stereocenters. The Morgan fingerprint density at radius 1 is 1.15 bits per heavy atom. The van der Waals surface area contributed by atoms with Gasteiger partial charge in [0, 0.05) is 12.6 Å². The summed E-state index contributed by atoms with van der Waals surface area (Å²) in [7, 11) is 1.89. The van der Waals surface area contributed by atoms with Crippen LogP contribution in [0.15, 0.2) is 53.7 Å². The predicted octanol–water partition coefficient (Wildman–Crippen LogP) is 3.90. The Morgan fingerprint density at radius 3 is 2.48 bits per heavy atom. The van der Waals surface area contributed by atoms with E-state index >= 15 is 0 Å². The Bertz CT molecular complexity index is 922. The minimum Gasteiger partial charge on any atom is -0.349 e. The van der Waals surface area contributed by atoms with Gasteiger partial charge in [0.25, 0.3) is 0 Å². The molecule has 140 valence electrons. The molecule has 0 fully saturated rings. The van der Waals surface area contributed by atoms with Crippen LogP contribution in [0.2, 0.25) is 0 Å². The molecule has 0 spiro atoms. The summed E-state index contributed by atoms with van der Waals surface area (Å²) in [5.74, 6) is 0.583. The number of amides is 1. The Morgan fingerprint density at radius 2 is 1.81 bits per heavy atom. The van der Waals surface area contributed by atoms with Gasteiger partial charge in [-0.3, -0.25) is 4.79 Å². The zero-order chi connectivity index (χ0) is 19.4. The third-order valence-corrected chi connectivity index (χ3v) is 5.24. The molecule has 0 saturated heterocycles. The summed E-state index contributed by atoms with van der Waals surface area (Å²) in [5, 5.41) is 12.0. The molecular weight excluding hydrogens is 363 g/mol. The van der Waals surface area contributed by atoms with Gasteiger partial charge in [0.1, 0.15) is 5.82 Å². The second-order valence-electron chi connectivity index (χ2n) is 6.36. The highest BCUT2D eigenvalue weighted by atomic mass is 32.2. The standard InChI is InChI=1S/C20H21FN4OS/c1-13-4-6-16(7-5-13)19-23-24-20(25(19)3)27-12-18(26)22-14(2)15-8-10-17(21)11-9-15/h4-11,14H,12H2,1-3H3,(H,22,26). The molecule has 1 atom stereocenters. The van der Waals surface area contributed by atoms with Crippen LogP contribution in [0, 0.1) is 12.7 Å². The summed E-state index contributed by atoms with van der Waals surface area (Å²) in [4.78, 5) is 12.2. The van der Waals surface area contributed by atoms with Crippen molar-refractivity contribution in [3.63, 3.8) is 0 Å². The molecule has 1 heterocycles. The summed E-state index contributed by atoms with van der Waals surface area (Å²) in [6, 6.07) is 14.0. The molecule has 5 nitrogen and oxygen atoms in total. The molecular formula is C20H21FN4OS. The quantitative estimate of drug-likeness (QED) is 0.655. The van der Waals surface area contributed by atoms with E-state index in [1.54, 1.807) is 12.1 Å². The third-order valence-electron chi connectivity index (χ3n) is 4.22. The number of nitrogens with zero attached hydrogens (tertiary/aromatic N) is 3. The molecule has 0 aliphatic rings. The van der Waals surface area contributed by atoms with Crippen molar-refractivity contribution < 1.29 is 9.18 Å². The molecule has 2 aromatic carbocycles. The van der Waals surface area contributed by atoms with Crippen molar-refractivity contribution in [1.82, 2.24) is 20.1 Å². The lowest BCUT2D eigenvalue weighted by Gasteiger charge is -2.14. The van der Waals surface area contributed by atoms with Crippen LogP contribution in [0.25, 0.3) is 11.4 Å². The van der Waals surface area contributed by atoms with Gasteiger partial charge in [-0.15, -0.1) is 10.2 Å². The topological polar surface area (TPSA) is 59.8 Å². The number of carbonyl (C=O) groups is 1. The molecule has 0 aliphatic heterocycles. The number of aromatic nitrogens is 3. The molecule has 0 bridgehead atoms. The molecule has 0 saturated carbocycles. The number of hydrogen-bond donors (Lipinski definition) is 1. The number of hydrogen-bond acceptors (Lipinski definition) is 4. The van der Waals surface area contributed by atoms with Crippen LogP contribution in [0.5, 0.6) is 0 Å². The number of nitrogens with one attached hydrogen (secondary N) is 1. The minimum atomic E-state index is -0.292. The first-order chi connectivity index (χ1) is 12.9. The van der Waals surface area contributed by atoms with Gasteiger partial charge in [0.2, 0.25) is 5.91 Å². The Labute approximate surface area is 162 Å². The molecule has 7 heteroatoms. The molecule has 0 radical (unpaired) electrons. The van der Waals surface area contributed by atoms with Crippen molar-refractivity contribution >= 4 is 17.7 Å². The van der Waals surface area contributed by atoms with E-state index in [1.807, 2.05) is 49.7 Å². The van der Waals surface area contributed by atoms with E-state index in [1.165, 1.54) is 29.5 Å². The van der Waals surface area contributed by atoms with E-state index in [2.05, 4.69) is 15.5 Å². The average Bonchev–Trinajstić information content (AvgIpc) is 3.02. The Balaban J connectivity index is 1.59. The van der Waals surface area contributed by atoms with E-state index in [0.717, 1.165) is 17.0 Å². The van der Waals surface area contributed by atoms with Crippen molar-refractivity contribution in [1.29, 1.82) is 0 Å². The first-order valence-electron chi connectivity index (χ1n) is 8.58. The van der Waals surface area contributed by atoms with Crippen molar-refractivity contribution in [3.8, 4) is 11.4 Å². The van der Waals surface area contributed by atoms with Gasteiger partial charge in [0.15, 0.2) is 11.0 Å². The van der Waals surface area contributed by atoms with E-state index in [4.69, 9.17) is 0 Å². The normalized spacial score (nSPS) is 12.0. The zero-order valence-electron chi connectivity index (χ0n) is 15.4. The van der Waals surface area contributed by atoms with Crippen molar-refractivity contribution in [2.24, 2.45) is 7.05 Å². The summed E-state index contributed by atoms with van der Waals surface area (Å²) < 4.78 is 14.9. The lowest BCUT2D eigenvalue weighted by Crippen LogP contribution is -2.28. The van der Waals surface area contributed by atoms with E-state index in [0.29, 0.717) is 5.16 Å². The molecule has 27 heavy (non-hydrogen) atoms. The van der Waals surface area contributed by atoms with Crippen LogP contribution in [0.3, 0.4) is 0 Å². The molecule has 0 aliphatic carbocycles. The highest BCUT2D eigenvalue weighted by Gasteiger charge is 2.14. The number of halogens is 1. The first kappa shape index (κ1) is 19.1. The van der Waals surface area contributed by atoms with Gasteiger partial charge >= 0.3 is 0 Å². The zero-order valence-corrected chi connectivity index (χ0v) is 16.3. The van der Waals surface area contributed by atoms with Gasteiger partial charge in [-0.25, -0.2) is 4.39 Å². The maximum atomic E-state index is 13.0. The molecule has 1 aromatic heterocycles. The fourth-order valence-corrected chi connectivity index (χ4v) is 3.36. The fraction of sp³-hybridized carbons (Fsp3) is 0.250. The molecule has 3 rings (SSSR count). The van der Waals surface area contributed by atoms with E-state index in [9.17, 15) is 9.18 Å². The van der Waals surface area contributed by atoms with Gasteiger partial charge < -0.3 is 9.88 Å². The van der Waals surface area contributed by atoms with E-state index in [-0.39, 0.29) is 23.5 Å². The molecule has 3 aromatic rings. The Hall–Kier alpha value is -2.67. The van der Waals surface area contributed by atoms with Crippen LogP contribution >= 0.6 is 11.8 Å². The molecule has 1 amide bonds. The van der Waals surface area contributed by atoms with Crippen LogP contribution in [0.4, 0.5) is 4.39 Å². The van der Waals surface area contributed by atoms with Crippen LogP contribution in [-0.2, 0) is 11.8 Å². The van der Waals surface area contributed by atoms with Gasteiger partial charge in [-0.05, 0) is 31.5 Å². The minimum absolute atomic E-state index is 0.114.